The molecule has 7 nitrogen and oxygen atoms in total. The summed E-state index contributed by atoms with van der Waals surface area (Å²) in [5, 5.41) is 5.65. The quantitative estimate of drug-likeness (QED) is 0.319. The van der Waals surface area contributed by atoms with E-state index in [2.05, 4.69) is 15.4 Å². The molecule has 4 aromatic rings. The number of nitrogens with zero attached hydrogens (tertiary/aromatic N) is 3. The topological polar surface area (TPSA) is 103 Å². The number of carbonyl (C=O) groups is 2. The van der Waals surface area contributed by atoms with Crippen LogP contribution in [0.1, 0.15) is 50.3 Å². The average Bonchev–Trinajstić information content (AvgIpc) is 3.15. The molecule has 0 aliphatic carbocycles. The largest absolute Gasteiger partial charge is 0.437 e. The monoisotopic (exact) mass is 533 g/mol. The minimum Gasteiger partial charge on any atom is -0.364 e. The molecule has 2 aromatic carbocycles. The van der Waals surface area contributed by atoms with Crippen LogP contribution in [-0.2, 0) is 19.1 Å². The lowest BCUT2D eigenvalue weighted by Gasteiger charge is -2.12. The van der Waals surface area contributed by atoms with E-state index in [1.807, 2.05) is 19.1 Å². The molecule has 192 valence electrons. The smallest absolute Gasteiger partial charge is 0.364 e. The summed E-state index contributed by atoms with van der Waals surface area (Å²) < 4.78 is 56.8. The van der Waals surface area contributed by atoms with Crippen LogP contribution in [-0.4, -0.2) is 26.6 Å². The lowest BCUT2D eigenvalue weighted by Crippen LogP contribution is -2.19. The van der Waals surface area contributed by atoms with Crippen molar-refractivity contribution in [2.24, 2.45) is 5.73 Å². The number of anilines is 1. The molecule has 37 heavy (non-hydrogen) atoms. The molecule has 0 saturated heterocycles. The van der Waals surface area contributed by atoms with Crippen molar-refractivity contribution < 1.29 is 27.2 Å². The van der Waals surface area contributed by atoms with Crippen molar-refractivity contribution in [2.75, 3.05) is 5.32 Å². The van der Waals surface area contributed by atoms with E-state index >= 15 is 0 Å². The van der Waals surface area contributed by atoms with Gasteiger partial charge in [-0.3, -0.25) is 14.3 Å². The van der Waals surface area contributed by atoms with Gasteiger partial charge < -0.3 is 11.1 Å². The number of rotatable bonds is 6. The van der Waals surface area contributed by atoms with E-state index in [9.17, 15) is 27.2 Å². The molecule has 0 aliphatic rings. The summed E-state index contributed by atoms with van der Waals surface area (Å²) in [6, 6.07) is 10.3. The van der Waals surface area contributed by atoms with Gasteiger partial charge in [-0.05, 0) is 36.6 Å². The maximum Gasteiger partial charge on any atom is 0.437 e. The summed E-state index contributed by atoms with van der Waals surface area (Å²) in [5.74, 6) is -2.89. The lowest BCUT2D eigenvalue weighted by molar-refractivity contribution is -0.140. The van der Waals surface area contributed by atoms with Crippen molar-refractivity contribution >= 4 is 40.0 Å². The Morgan fingerprint density at radius 1 is 1.11 bits per heavy atom. The number of primary amides is 1. The fraction of sp³-hybridized carbons (Fsp3) is 0.200. The van der Waals surface area contributed by atoms with Gasteiger partial charge in [0.15, 0.2) is 5.69 Å². The summed E-state index contributed by atoms with van der Waals surface area (Å²) >= 11 is 5.85. The number of pyridine rings is 1. The standard InChI is InChI=1S/C25H20ClF4N5O2/c1-3-13-4-6-14(7-5-13)11-35-12(2)21(22(34-35)25(28,29)30)33-24(37)16-9-20(23(31)36)32-19-10-18(27)17(26)8-15(16)19/h4-10H,3,11H2,1-2H3,(H2,31,36)(H,33,37). The number of alkyl halides is 3. The van der Waals surface area contributed by atoms with Crippen LogP contribution in [0.25, 0.3) is 10.9 Å². The second-order valence-corrected chi connectivity index (χ2v) is 8.70. The second kappa shape index (κ2) is 9.81. The van der Waals surface area contributed by atoms with Gasteiger partial charge >= 0.3 is 6.18 Å². The molecule has 0 fully saturated rings. The number of nitrogens with one attached hydrogen (secondary N) is 1. The van der Waals surface area contributed by atoms with Gasteiger partial charge in [-0.2, -0.15) is 18.3 Å². The van der Waals surface area contributed by atoms with Crippen LogP contribution >= 0.6 is 11.6 Å². The lowest BCUT2D eigenvalue weighted by atomic mass is 10.1. The number of halogens is 5. The highest BCUT2D eigenvalue weighted by atomic mass is 35.5. The van der Waals surface area contributed by atoms with Gasteiger partial charge in [0, 0.05) is 11.5 Å². The number of benzene rings is 2. The Hall–Kier alpha value is -3.99. The molecule has 4 rings (SSSR count). The fourth-order valence-electron chi connectivity index (χ4n) is 3.82. The van der Waals surface area contributed by atoms with Crippen molar-refractivity contribution in [3.63, 3.8) is 0 Å². The molecule has 0 atom stereocenters. The van der Waals surface area contributed by atoms with Gasteiger partial charge in [0.25, 0.3) is 11.8 Å². The molecule has 12 heteroatoms. The summed E-state index contributed by atoms with van der Waals surface area (Å²) in [6.07, 6.45) is -4.07. The average molecular weight is 534 g/mol. The second-order valence-electron chi connectivity index (χ2n) is 8.29. The Balaban J connectivity index is 1.78. The molecular weight excluding hydrogens is 514 g/mol. The summed E-state index contributed by atoms with van der Waals surface area (Å²) in [7, 11) is 0. The first-order chi connectivity index (χ1) is 17.4. The highest BCUT2D eigenvalue weighted by Crippen LogP contribution is 2.37. The van der Waals surface area contributed by atoms with Crippen LogP contribution in [0.5, 0.6) is 0 Å². The van der Waals surface area contributed by atoms with E-state index in [4.69, 9.17) is 17.3 Å². The van der Waals surface area contributed by atoms with Crippen molar-refractivity contribution in [1.29, 1.82) is 0 Å². The molecule has 3 N–H and O–H groups in total. The fourth-order valence-corrected chi connectivity index (χ4v) is 3.98. The molecule has 0 unspecified atom stereocenters. The van der Waals surface area contributed by atoms with Crippen LogP contribution in [0.4, 0.5) is 23.2 Å². The Morgan fingerprint density at radius 2 is 1.76 bits per heavy atom. The molecule has 0 saturated carbocycles. The van der Waals surface area contributed by atoms with Gasteiger partial charge in [0.2, 0.25) is 0 Å². The zero-order chi connectivity index (χ0) is 27.1. The first-order valence-corrected chi connectivity index (χ1v) is 11.4. The van der Waals surface area contributed by atoms with E-state index in [0.717, 1.165) is 40.4 Å². The third kappa shape index (κ3) is 5.26. The van der Waals surface area contributed by atoms with Crippen molar-refractivity contribution in [3.8, 4) is 0 Å². The van der Waals surface area contributed by atoms with E-state index < -0.39 is 35.2 Å². The van der Waals surface area contributed by atoms with Crippen LogP contribution in [0, 0.1) is 12.7 Å². The molecule has 0 spiro atoms. The molecule has 0 aliphatic heterocycles. The van der Waals surface area contributed by atoms with Gasteiger partial charge in [-0.15, -0.1) is 0 Å². The van der Waals surface area contributed by atoms with E-state index in [1.165, 1.54) is 6.92 Å². The zero-order valence-corrected chi connectivity index (χ0v) is 20.3. The molecular formula is C25H20ClF4N5O2. The van der Waals surface area contributed by atoms with Crippen LogP contribution in [0.15, 0.2) is 42.5 Å². The number of amides is 2. The molecule has 0 bridgehead atoms. The molecule has 2 aromatic heterocycles. The zero-order valence-electron chi connectivity index (χ0n) is 19.6. The van der Waals surface area contributed by atoms with Crippen LogP contribution < -0.4 is 11.1 Å². The number of aromatic nitrogens is 3. The number of aryl methyl sites for hydroxylation is 1. The normalized spacial score (nSPS) is 11.6. The number of nitrogens with two attached hydrogens (primary N) is 1. The summed E-state index contributed by atoms with van der Waals surface area (Å²) in [6.45, 7) is 3.41. The highest BCUT2D eigenvalue weighted by Gasteiger charge is 2.39. The van der Waals surface area contributed by atoms with Crippen LogP contribution in [0.2, 0.25) is 5.02 Å². The highest BCUT2D eigenvalue weighted by molar-refractivity contribution is 6.31. The summed E-state index contributed by atoms with van der Waals surface area (Å²) in [5.41, 5.74) is 4.51. The number of hydrogen-bond acceptors (Lipinski definition) is 4. The van der Waals surface area contributed by atoms with Crippen molar-refractivity contribution in [1.82, 2.24) is 14.8 Å². The first-order valence-electron chi connectivity index (χ1n) is 11.0. The third-order valence-electron chi connectivity index (χ3n) is 5.82. The van der Waals surface area contributed by atoms with Crippen molar-refractivity contribution in [2.45, 2.75) is 33.0 Å². The van der Waals surface area contributed by atoms with E-state index in [1.54, 1.807) is 12.1 Å². The Labute approximate surface area is 213 Å². The Morgan fingerprint density at radius 3 is 2.35 bits per heavy atom. The minimum absolute atomic E-state index is 0.0171. The van der Waals surface area contributed by atoms with Crippen LogP contribution in [0.3, 0.4) is 0 Å². The number of hydrogen-bond donors (Lipinski definition) is 2. The Bertz CT molecular complexity index is 1530. The third-order valence-corrected chi connectivity index (χ3v) is 6.11. The van der Waals surface area contributed by atoms with Gasteiger partial charge in [-0.1, -0.05) is 42.8 Å². The van der Waals surface area contributed by atoms with Gasteiger partial charge in [-0.25, -0.2) is 9.37 Å². The summed E-state index contributed by atoms with van der Waals surface area (Å²) in [4.78, 5) is 28.9. The first kappa shape index (κ1) is 26.1. The maximum atomic E-state index is 14.0. The van der Waals surface area contributed by atoms with Gasteiger partial charge in [0.05, 0.1) is 34.0 Å². The Kier molecular flexibility index (Phi) is 6.92. The maximum absolute atomic E-state index is 14.0. The SMILES string of the molecule is CCc1ccc(Cn2nc(C(F)(F)F)c(NC(=O)c3cc(C(N)=O)nc4cc(F)c(Cl)cc34)c2C)cc1. The minimum atomic E-state index is -4.88. The van der Waals surface area contributed by atoms with Gasteiger partial charge in [0.1, 0.15) is 11.5 Å². The van der Waals surface area contributed by atoms with E-state index in [0.29, 0.717) is 0 Å². The molecule has 0 radical (unpaired) electrons. The predicted octanol–water partition coefficient (Wildman–Crippen LogP) is 5.51. The number of fused-ring (bicyclic) bond motifs is 1. The van der Waals surface area contributed by atoms with Crippen molar-refractivity contribution in [3.05, 3.63) is 87.1 Å². The predicted molar refractivity (Wildman–Crippen MR) is 130 cm³/mol. The number of carbonyl (C=O) groups excluding carboxylic acids is 2. The molecule has 2 amide bonds. The van der Waals surface area contributed by atoms with E-state index in [-0.39, 0.29) is 39.4 Å². The molecule has 2 heterocycles.